The van der Waals surface area contributed by atoms with Crippen LogP contribution in [0.5, 0.6) is 0 Å². The molecule has 2 N–H and O–H groups in total. The third kappa shape index (κ3) is 6.24. The molecule has 4 rings (SSSR count). The van der Waals surface area contributed by atoms with Crippen LogP contribution < -0.4 is 10.6 Å². The first-order valence-corrected chi connectivity index (χ1v) is 13.0. The summed E-state index contributed by atoms with van der Waals surface area (Å²) in [5, 5.41) is 6.44. The smallest absolute Gasteiger partial charge is 0.246 e. The number of piperazine rings is 1. The predicted octanol–water partition coefficient (Wildman–Crippen LogP) is 3.01. The van der Waals surface area contributed by atoms with Gasteiger partial charge in [0.25, 0.3) is 0 Å². The fraction of sp³-hybridized carbons (Fsp3) is 0.348. The Bertz CT molecular complexity index is 1260. The lowest BCUT2D eigenvalue weighted by molar-refractivity contribution is 0.148. The SMILES string of the molecule is CN1CCN(Cc2ccc(Nc3ncc(Cl)c(Nc4ccncc4S(=O)(=O)N(C)C)n3)cc2)CC1. The van der Waals surface area contributed by atoms with Crippen molar-refractivity contribution in [3.8, 4) is 0 Å². The second kappa shape index (κ2) is 10.8. The van der Waals surface area contributed by atoms with Gasteiger partial charge in [-0.3, -0.25) is 9.88 Å². The van der Waals surface area contributed by atoms with Crippen molar-refractivity contribution in [2.24, 2.45) is 0 Å². The van der Waals surface area contributed by atoms with Crippen molar-refractivity contribution in [3.63, 3.8) is 0 Å². The number of benzene rings is 1. The van der Waals surface area contributed by atoms with Gasteiger partial charge in [-0.25, -0.2) is 17.7 Å². The molecule has 186 valence electrons. The Balaban J connectivity index is 1.47. The Morgan fingerprint density at radius 2 is 1.74 bits per heavy atom. The third-order valence-electron chi connectivity index (χ3n) is 5.75. The third-order valence-corrected chi connectivity index (χ3v) is 7.87. The maximum atomic E-state index is 12.7. The largest absolute Gasteiger partial charge is 0.338 e. The van der Waals surface area contributed by atoms with Gasteiger partial charge in [0.1, 0.15) is 9.92 Å². The highest BCUT2D eigenvalue weighted by molar-refractivity contribution is 7.89. The average Bonchev–Trinajstić information content (AvgIpc) is 2.84. The molecule has 0 aliphatic carbocycles. The first-order valence-electron chi connectivity index (χ1n) is 11.2. The summed E-state index contributed by atoms with van der Waals surface area (Å²) in [5.41, 5.74) is 2.39. The number of nitrogens with zero attached hydrogens (tertiary/aromatic N) is 6. The number of aromatic nitrogens is 3. The van der Waals surface area contributed by atoms with E-state index in [9.17, 15) is 8.42 Å². The summed E-state index contributed by atoms with van der Waals surface area (Å²) in [4.78, 5) is 17.5. The summed E-state index contributed by atoms with van der Waals surface area (Å²) in [5.74, 6) is 0.604. The van der Waals surface area contributed by atoms with Crippen LogP contribution in [-0.4, -0.2) is 84.8 Å². The fourth-order valence-corrected chi connectivity index (χ4v) is 4.74. The summed E-state index contributed by atoms with van der Waals surface area (Å²) in [6.07, 6.45) is 4.24. The van der Waals surface area contributed by atoms with Crippen LogP contribution >= 0.6 is 11.6 Å². The van der Waals surface area contributed by atoms with Crippen molar-refractivity contribution in [2.45, 2.75) is 11.4 Å². The number of hydrogen-bond acceptors (Lipinski definition) is 9. The van der Waals surface area contributed by atoms with Gasteiger partial charge in [-0.05, 0) is 30.8 Å². The standard InChI is InChI=1S/C23H29ClN8O2S/c1-30(2)35(33,34)21-15-25-9-8-20(21)28-22-19(24)14-26-23(29-22)27-18-6-4-17(5-7-18)16-32-12-10-31(3)11-13-32/h4-9,14-15H,10-13,16H2,1-3H3,(H2,25,26,27,28,29). The molecule has 1 aliphatic rings. The highest BCUT2D eigenvalue weighted by atomic mass is 35.5. The van der Waals surface area contributed by atoms with Crippen molar-refractivity contribution in [2.75, 3.05) is 58.0 Å². The van der Waals surface area contributed by atoms with Crippen LogP contribution in [0, 0.1) is 0 Å². The summed E-state index contributed by atoms with van der Waals surface area (Å²) in [6, 6.07) is 9.71. The zero-order valence-electron chi connectivity index (χ0n) is 19.9. The molecule has 35 heavy (non-hydrogen) atoms. The van der Waals surface area contributed by atoms with Crippen LogP contribution in [0.1, 0.15) is 5.56 Å². The number of hydrogen-bond donors (Lipinski definition) is 2. The molecule has 3 aromatic rings. The normalized spacial score (nSPS) is 15.3. The van der Waals surface area contributed by atoms with Crippen molar-refractivity contribution in [3.05, 3.63) is 59.5 Å². The molecule has 1 fully saturated rings. The number of pyridine rings is 1. The van der Waals surface area contributed by atoms with E-state index in [0.717, 1.165) is 42.7 Å². The number of sulfonamides is 1. The quantitative estimate of drug-likeness (QED) is 0.467. The van der Waals surface area contributed by atoms with Gasteiger partial charge in [0.15, 0.2) is 5.82 Å². The Morgan fingerprint density at radius 3 is 2.43 bits per heavy atom. The number of nitrogens with one attached hydrogen (secondary N) is 2. The monoisotopic (exact) mass is 516 g/mol. The van der Waals surface area contributed by atoms with Crippen LogP contribution in [-0.2, 0) is 16.6 Å². The molecule has 0 radical (unpaired) electrons. The summed E-state index contributed by atoms with van der Waals surface area (Å²) < 4.78 is 26.5. The summed E-state index contributed by atoms with van der Waals surface area (Å²) >= 11 is 6.30. The van der Waals surface area contributed by atoms with E-state index in [2.05, 4.69) is 54.6 Å². The highest BCUT2D eigenvalue weighted by Gasteiger charge is 2.22. The zero-order valence-corrected chi connectivity index (χ0v) is 21.5. The molecule has 12 heteroatoms. The molecule has 2 aromatic heterocycles. The van der Waals surface area contributed by atoms with Crippen molar-refractivity contribution < 1.29 is 8.42 Å². The van der Waals surface area contributed by atoms with Crippen LogP contribution in [0.25, 0.3) is 0 Å². The van der Waals surface area contributed by atoms with Gasteiger partial charge >= 0.3 is 0 Å². The van der Waals surface area contributed by atoms with E-state index in [0.29, 0.717) is 11.6 Å². The van der Waals surface area contributed by atoms with Gasteiger partial charge in [0.2, 0.25) is 16.0 Å². The molecule has 0 bridgehead atoms. The maximum absolute atomic E-state index is 12.7. The van der Waals surface area contributed by atoms with E-state index in [4.69, 9.17) is 11.6 Å². The molecule has 0 atom stereocenters. The van der Waals surface area contributed by atoms with Crippen molar-refractivity contribution in [1.29, 1.82) is 0 Å². The lowest BCUT2D eigenvalue weighted by Crippen LogP contribution is -2.43. The van der Waals surface area contributed by atoms with E-state index < -0.39 is 10.0 Å². The number of anilines is 4. The average molecular weight is 517 g/mol. The zero-order chi connectivity index (χ0) is 25.0. The van der Waals surface area contributed by atoms with E-state index in [1.165, 1.54) is 38.2 Å². The van der Waals surface area contributed by atoms with Gasteiger partial charge < -0.3 is 15.5 Å². The first kappa shape index (κ1) is 25.3. The highest BCUT2D eigenvalue weighted by Crippen LogP contribution is 2.29. The topological polar surface area (TPSA) is 107 Å². The maximum Gasteiger partial charge on any atom is 0.246 e. The van der Waals surface area contributed by atoms with Crippen LogP contribution in [0.4, 0.5) is 23.1 Å². The molecule has 1 saturated heterocycles. The van der Waals surface area contributed by atoms with E-state index in [1.54, 1.807) is 6.07 Å². The summed E-state index contributed by atoms with van der Waals surface area (Å²) in [6.45, 7) is 5.24. The molecule has 3 heterocycles. The second-order valence-corrected chi connectivity index (χ2v) is 11.1. The Hall–Kier alpha value is -2.83. The summed E-state index contributed by atoms with van der Waals surface area (Å²) in [7, 11) is 1.36. The predicted molar refractivity (Wildman–Crippen MR) is 138 cm³/mol. The van der Waals surface area contributed by atoms with Gasteiger partial charge in [-0.15, -0.1) is 0 Å². The lowest BCUT2D eigenvalue weighted by atomic mass is 10.2. The number of likely N-dealkylation sites (N-methyl/N-ethyl adjacent to an activating group) is 1. The Morgan fingerprint density at radius 1 is 1.03 bits per heavy atom. The molecule has 0 spiro atoms. The van der Waals surface area contributed by atoms with E-state index in [1.807, 2.05) is 12.1 Å². The van der Waals surface area contributed by atoms with Gasteiger partial charge in [-0.2, -0.15) is 4.98 Å². The lowest BCUT2D eigenvalue weighted by Gasteiger charge is -2.32. The molecule has 0 unspecified atom stereocenters. The molecular formula is C23H29ClN8O2S. The van der Waals surface area contributed by atoms with Gasteiger partial charge in [0.05, 0.1) is 11.9 Å². The second-order valence-electron chi connectivity index (χ2n) is 8.58. The van der Waals surface area contributed by atoms with Crippen molar-refractivity contribution >= 4 is 44.8 Å². The van der Waals surface area contributed by atoms with Gasteiger partial charge in [-0.1, -0.05) is 23.7 Å². The van der Waals surface area contributed by atoms with Crippen LogP contribution in [0.2, 0.25) is 5.02 Å². The molecule has 1 aliphatic heterocycles. The molecule has 1 aromatic carbocycles. The Labute approximate surface area is 211 Å². The van der Waals surface area contributed by atoms with Crippen LogP contribution in [0.15, 0.2) is 53.8 Å². The van der Waals surface area contributed by atoms with E-state index in [-0.39, 0.29) is 15.7 Å². The minimum atomic E-state index is -3.72. The molecule has 10 nitrogen and oxygen atoms in total. The van der Waals surface area contributed by atoms with Gasteiger partial charge in [0, 0.05) is 64.9 Å². The molecule has 0 amide bonds. The number of rotatable bonds is 8. The molecule has 0 saturated carbocycles. The minimum absolute atomic E-state index is 0.0186. The molecular weight excluding hydrogens is 488 g/mol. The Kier molecular flexibility index (Phi) is 7.82. The first-order chi connectivity index (χ1) is 16.7. The minimum Gasteiger partial charge on any atom is -0.338 e. The van der Waals surface area contributed by atoms with Crippen molar-refractivity contribution in [1.82, 2.24) is 29.1 Å². The fourth-order valence-electron chi connectivity index (χ4n) is 3.61. The van der Waals surface area contributed by atoms with Crippen LogP contribution in [0.3, 0.4) is 0 Å². The number of halogens is 1. The van der Waals surface area contributed by atoms with E-state index >= 15 is 0 Å².